The van der Waals surface area contributed by atoms with E-state index in [4.69, 9.17) is 0 Å². The van der Waals surface area contributed by atoms with Gasteiger partial charge in [0, 0.05) is 32.2 Å². The summed E-state index contributed by atoms with van der Waals surface area (Å²) in [4.78, 5) is 25.2. The topological polar surface area (TPSA) is 61.4 Å². The number of hydrogen-bond donors (Lipinski definition) is 2. The summed E-state index contributed by atoms with van der Waals surface area (Å²) in [6.07, 6.45) is 7.19. The molecule has 1 aliphatic rings. The van der Waals surface area contributed by atoms with Gasteiger partial charge in [-0.3, -0.25) is 9.59 Å². The minimum absolute atomic E-state index is 0.0579. The van der Waals surface area contributed by atoms with Gasteiger partial charge in [0.25, 0.3) is 0 Å². The predicted octanol–water partition coefficient (Wildman–Crippen LogP) is 2.57. The average molecular weight is 331 g/mol. The maximum atomic E-state index is 12.0. The molecule has 5 heteroatoms. The Morgan fingerprint density at radius 1 is 1.08 bits per heavy atom. The summed E-state index contributed by atoms with van der Waals surface area (Å²) in [5.74, 6) is 0.194. The van der Waals surface area contributed by atoms with E-state index in [1.165, 1.54) is 19.3 Å². The van der Waals surface area contributed by atoms with Crippen molar-refractivity contribution in [1.29, 1.82) is 0 Å². The minimum Gasteiger partial charge on any atom is -0.376 e. The summed E-state index contributed by atoms with van der Waals surface area (Å²) in [5, 5.41) is 6.26. The molecule has 24 heavy (non-hydrogen) atoms. The van der Waals surface area contributed by atoms with Crippen LogP contribution in [0, 0.1) is 0 Å². The molecule has 1 fully saturated rings. The Morgan fingerprint density at radius 3 is 2.38 bits per heavy atom. The second-order valence-corrected chi connectivity index (χ2v) is 6.74. The summed E-state index contributed by atoms with van der Waals surface area (Å²) < 4.78 is 0. The highest BCUT2D eigenvalue weighted by molar-refractivity contribution is 5.81. The van der Waals surface area contributed by atoms with Gasteiger partial charge in [-0.2, -0.15) is 0 Å². The number of benzene rings is 1. The average Bonchev–Trinajstić information content (AvgIpc) is 2.59. The molecule has 1 saturated carbocycles. The maximum Gasteiger partial charge on any atom is 0.239 e. The maximum absolute atomic E-state index is 12.0. The van der Waals surface area contributed by atoms with Gasteiger partial charge in [0.1, 0.15) is 0 Å². The molecule has 1 aliphatic carbocycles. The molecular weight excluding hydrogens is 302 g/mol. The van der Waals surface area contributed by atoms with Crippen LogP contribution >= 0.6 is 0 Å². The summed E-state index contributed by atoms with van der Waals surface area (Å²) in [6.45, 7) is 0.301. The molecule has 2 rings (SSSR count). The van der Waals surface area contributed by atoms with Crippen molar-refractivity contribution < 1.29 is 9.59 Å². The monoisotopic (exact) mass is 331 g/mol. The van der Waals surface area contributed by atoms with Gasteiger partial charge in [0.2, 0.25) is 11.8 Å². The third kappa shape index (κ3) is 6.22. The minimum atomic E-state index is 0.0579. The summed E-state index contributed by atoms with van der Waals surface area (Å²) >= 11 is 0. The van der Waals surface area contributed by atoms with Gasteiger partial charge >= 0.3 is 0 Å². The zero-order valence-electron chi connectivity index (χ0n) is 14.8. The van der Waals surface area contributed by atoms with Gasteiger partial charge in [-0.25, -0.2) is 0 Å². The van der Waals surface area contributed by atoms with Crippen LogP contribution in [0.15, 0.2) is 24.3 Å². The van der Waals surface area contributed by atoms with Crippen molar-refractivity contribution >= 4 is 17.5 Å². The number of carbonyl (C=O) groups is 2. The van der Waals surface area contributed by atoms with Crippen molar-refractivity contribution in [2.75, 3.05) is 26.0 Å². The number of nitrogens with zero attached hydrogens (tertiary/aromatic N) is 1. The third-order valence-electron chi connectivity index (χ3n) is 4.50. The summed E-state index contributed by atoms with van der Waals surface area (Å²) in [5.41, 5.74) is 2.05. The standard InChI is InChI=1S/C19H29N3O2/c1-22(2)19(24)13-10-15-8-11-16(12-9-15)20-14-18(23)21-17-6-4-3-5-7-17/h8-9,11-12,17,20H,3-7,10,13-14H2,1-2H3,(H,21,23). The van der Waals surface area contributed by atoms with E-state index in [9.17, 15) is 9.59 Å². The van der Waals surface area contributed by atoms with Gasteiger partial charge in [0.15, 0.2) is 0 Å². The number of nitrogens with one attached hydrogen (secondary N) is 2. The van der Waals surface area contributed by atoms with E-state index in [0.29, 0.717) is 19.0 Å². The first-order valence-electron chi connectivity index (χ1n) is 8.87. The molecule has 0 radical (unpaired) electrons. The molecule has 0 saturated heterocycles. The van der Waals surface area contributed by atoms with E-state index in [0.717, 1.165) is 30.5 Å². The van der Waals surface area contributed by atoms with Crippen molar-refractivity contribution in [3.05, 3.63) is 29.8 Å². The van der Waals surface area contributed by atoms with E-state index in [1.807, 2.05) is 24.3 Å². The van der Waals surface area contributed by atoms with Gasteiger partial charge in [-0.05, 0) is 37.0 Å². The molecule has 0 heterocycles. The van der Waals surface area contributed by atoms with Crippen molar-refractivity contribution in [1.82, 2.24) is 10.2 Å². The molecule has 0 aromatic heterocycles. The Balaban J connectivity index is 1.71. The van der Waals surface area contributed by atoms with Crippen LogP contribution in [0.3, 0.4) is 0 Å². The zero-order valence-corrected chi connectivity index (χ0v) is 14.8. The smallest absolute Gasteiger partial charge is 0.239 e. The van der Waals surface area contributed by atoms with Crippen LogP contribution in [-0.4, -0.2) is 43.4 Å². The number of aryl methyl sites for hydroxylation is 1. The predicted molar refractivity (Wildman–Crippen MR) is 97.0 cm³/mol. The fourth-order valence-corrected chi connectivity index (χ4v) is 2.97. The van der Waals surface area contributed by atoms with Crippen LogP contribution in [0.1, 0.15) is 44.1 Å². The molecule has 2 N–H and O–H groups in total. The molecule has 5 nitrogen and oxygen atoms in total. The number of rotatable bonds is 7. The van der Waals surface area contributed by atoms with Crippen molar-refractivity contribution in [2.45, 2.75) is 51.0 Å². The molecule has 0 spiro atoms. The summed E-state index contributed by atoms with van der Waals surface area (Å²) in [6, 6.07) is 8.28. The Morgan fingerprint density at radius 2 is 1.75 bits per heavy atom. The Labute approximate surface area is 144 Å². The molecule has 1 aromatic carbocycles. The highest BCUT2D eigenvalue weighted by Gasteiger charge is 2.15. The molecule has 0 aliphatic heterocycles. The highest BCUT2D eigenvalue weighted by atomic mass is 16.2. The lowest BCUT2D eigenvalue weighted by molar-refractivity contribution is -0.128. The lowest BCUT2D eigenvalue weighted by Crippen LogP contribution is -2.39. The number of anilines is 1. The lowest BCUT2D eigenvalue weighted by atomic mass is 9.95. The molecule has 0 atom stereocenters. The molecule has 1 aromatic rings. The second-order valence-electron chi connectivity index (χ2n) is 6.74. The van der Waals surface area contributed by atoms with Crippen LogP contribution in [0.5, 0.6) is 0 Å². The number of amides is 2. The van der Waals surface area contributed by atoms with E-state index >= 15 is 0 Å². The van der Waals surface area contributed by atoms with E-state index in [-0.39, 0.29) is 11.8 Å². The fraction of sp³-hybridized carbons (Fsp3) is 0.579. The van der Waals surface area contributed by atoms with E-state index in [1.54, 1.807) is 19.0 Å². The fourth-order valence-electron chi connectivity index (χ4n) is 2.97. The molecule has 0 bridgehead atoms. The van der Waals surface area contributed by atoms with E-state index in [2.05, 4.69) is 10.6 Å². The van der Waals surface area contributed by atoms with Crippen molar-refractivity contribution in [2.24, 2.45) is 0 Å². The van der Waals surface area contributed by atoms with Crippen LogP contribution in [0.2, 0.25) is 0 Å². The Bertz CT molecular complexity index is 534. The van der Waals surface area contributed by atoms with Crippen molar-refractivity contribution in [3.8, 4) is 0 Å². The largest absolute Gasteiger partial charge is 0.376 e. The van der Waals surface area contributed by atoms with E-state index < -0.39 is 0 Å². The molecular formula is C19H29N3O2. The summed E-state index contributed by atoms with van der Waals surface area (Å²) in [7, 11) is 3.54. The Hall–Kier alpha value is -2.04. The molecule has 0 unspecified atom stereocenters. The van der Waals surface area contributed by atoms with Gasteiger partial charge < -0.3 is 15.5 Å². The zero-order chi connectivity index (χ0) is 17.4. The quantitative estimate of drug-likeness (QED) is 0.807. The first-order chi connectivity index (χ1) is 11.5. The van der Waals surface area contributed by atoms with Gasteiger partial charge in [-0.1, -0.05) is 31.4 Å². The van der Waals surface area contributed by atoms with Gasteiger partial charge in [0.05, 0.1) is 6.54 Å². The van der Waals surface area contributed by atoms with Crippen LogP contribution < -0.4 is 10.6 Å². The number of hydrogen-bond acceptors (Lipinski definition) is 3. The van der Waals surface area contributed by atoms with Crippen LogP contribution in [0.25, 0.3) is 0 Å². The molecule has 2 amide bonds. The van der Waals surface area contributed by atoms with Crippen molar-refractivity contribution in [3.63, 3.8) is 0 Å². The first-order valence-corrected chi connectivity index (χ1v) is 8.87. The van der Waals surface area contributed by atoms with Crippen LogP contribution in [0.4, 0.5) is 5.69 Å². The molecule has 132 valence electrons. The second kappa shape index (κ2) is 9.30. The van der Waals surface area contributed by atoms with Crippen LogP contribution in [-0.2, 0) is 16.0 Å². The third-order valence-corrected chi connectivity index (χ3v) is 4.50. The first kappa shape index (κ1) is 18.3. The Kier molecular flexibility index (Phi) is 7.09. The van der Waals surface area contributed by atoms with Gasteiger partial charge in [-0.15, -0.1) is 0 Å². The number of carbonyl (C=O) groups excluding carboxylic acids is 2. The normalized spacial score (nSPS) is 14.9. The highest BCUT2D eigenvalue weighted by Crippen LogP contribution is 2.17. The SMILES string of the molecule is CN(C)C(=O)CCc1ccc(NCC(=O)NC2CCCCC2)cc1. The lowest BCUT2D eigenvalue weighted by Gasteiger charge is -2.22.